The summed E-state index contributed by atoms with van der Waals surface area (Å²) < 4.78 is 5.90. The Labute approximate surface area is 133 Å². The van der Waals surface area contributed by atoms with Gasteiger partial charge in [-0.25, -0.2) is 0 Å². The van der Waals surface area contributed by atoms with E-state index in [2.05, 4.69) is 16.4 Å². The van der Waals surface area contributed by atoms with E-state index >= 15 is 0 Å². The Morgan fingerprint density at radius 2 is 1.95 bits per heavy atom. The molecule has 1 aliphatic heterocycles. The number of nitrogens with one attached hydrogen (secondary N) is 1. The molecule has 4 nitrogen and oxygen atoms in total. The summed E-state index contributed by atoms with van der Waals surface area (Å²) in [7, 11) is 0. The number of aliphatic hydroxyl groups excluding tert-OH is 1. The van der Waals surface area contributed by atoms with Crippen LogP contribution in [-0.4, -0.2) is 35.9 Å². The molecule has 4 heteroatoms. The molecule has 2 fully saturated rings. The molecule has 1 unspecified atom stereocenters. The third kappa shape index (κ3) is 4.43. The van der Waals surface area contributed by atoms with Crippen LogP contribution >= 0.6 is 0 Å². The van der Waals surface area contributed by atoms with Gasteiger partial charge in [0.1, 0.15) is 12.4 Å². The average Bonchev–Trinajstić information content (AvgIpc) is 3.08. The van der Waals surface area contributed by atoms with E-state index in [1.807, 2.05) is 12.4 Å². The molecule has 122 valence electrons. The third-order valence-electron chi connectivity index (χ3n) is 5.13. The summed E-state index contributed by atoms with van der Waals surface area (Å²) >= 11 is 0. The maximum absolute atomic E-state index is 9.22. The standard InChI is InChI=1S/C18H28N2O2/c21-12-15-5-3-14(4-6-15)8-16-9-18(11-19-10-16)22-13-17-2-1-7-20-17/h9-11,14-15,17,20-21H,1-8,12-13H2. The van der Waals surface area contributed by atoms with Crippen LogP contribution in [0.2, 0.25) is 0 Å². The smallest absolute Gasteiger partial charge is 0.137 e. The molecule has 1 saturated carbocycles. The zero-order chi connectivity index (χ0) is 15.2. The second-order valence-corrected chi connectivity index (χ2v) is 6.91. The molecule has 1 aromatic heterocycles. The SMILES string of the molecule is OCC1CCC(Cc2cncc(OCC3CCCN3)c2)CC1. The van der Waals surface area contributed by atoms with Crippen molar-refractivity contribution in [3.05, 3.63) is 24.0 Å². The Morgan fingerprint density at radius 3 is 2.68 bits per heavy atom. The van der Waals surface area contributed by atoms with Crippen LogP contribution in [0.4, 0.5) is 0 Å². The number of aliphatic hydroxyl groups is 1. The lowest BCUT2D eigenvalue weighted by molar-refractivity contribution is 0.167. The number of aromatic nitrogens is 1. The molecule has 0 radical (unpaired) electrons. The number of rotatable bonds is 6. The molecule has 0 bridgehead atoms. The number of pyridine rings is 1. The Kier molecular flexibility index (Phi) is 5.68. The Balaban J connectivity index is 1.48. The second kappa shape index (κ2) is 7.93. The highest BCUT2D eigenvalue weighted by atomic mass is 16.5. The molecule has 3 rings (SSSR count). The Bertz CT molecular complexity index is 452. The lowest BCUT2D eigenvalue weighted by Gasteiger charge is -2.27. The van der Waals surface area contributed by atoms with Gasteiger partial charge >= 0.3 is 0 Å². The molecule has 1 saturated heterocycles. The zero-order valence-corrected chi connectivity index (χ0v) is 13.3. The summed E-state index contributed by atoms with van der Waals surface area (Å²) in [5.74, 6) is 2.16. The van der Waals surface area contributed by atoms with E-state index < -0.39 is 0 Å². The number of nitrogens with zero attached hydrogens (tertiary/aromatic N) is 1. The van der Waals surface area contributed by atoms with Crippen LogP contribution in [0.1, 0.15) is 44.1 Å². The first-order valence-electron chi connectivity index (χ1n) is 8.74. The lowest BCUT2D eigenvalue weighted by atomic mass is 9.80. The van der Waals surface area contributed by atoms with Gasteiger partial charge in [-0.3, -0.25) is 4.98 Å². The molecule has 22 heavy (non-hydrogen) atoms. The van der Waals surface area contributed by atoms with E-state index in [1.165, 1.54) is 31.2 Å². The quantitative estimate of drug-likeness (QED) is 0.848. The van der Waals surface area contributed by atoms with Gasteiger partial charge in [0.25, 0.3) is 0 Å². The minimum absolute atomic E-state index is 0.354. The van der Waals surface area contributed by atoms with Gasteiger partial charge in [-0.1, -0.05) is 0 Å². The van der Waals surface area contributed by atoms with Gasteiger partial charge in [0.05, 0.1) is 6.20 Å². The van der Waals surface area contributed by atoms with Crippen molar-refractivity contribution in [3.63, 3.8) is 0 Å². The summed E-state index contributed by atoms with van der Waals surface area (Å²) in [6, 6.07) is 2.65. The molecule has 2 aliphatic rings. The van der Waals surface area contributed by atoms with E-state index in [4.69, 9.17) is 4.74 Å². The van der Waals surface area contributed by atoms with Crippen molar-refractivity contribution in [1.29, 1.82) is 0 Å². The monoisotopic (exact) mass is 304 g/mol. The largest absolute Gasteiger partial charge is 0.490 e. The van der Waals surface area contributed by atoms with E-state index in [0.29, 0.717) is 18.6 Å². The molecule has 2 heterocycles. The van der Waals surface area contributed by atoms with E-state index in [0.717, 1.165) is 44.1 Å². The van der Waals surface area contributed by atoms with E-state index in [-0.39, 0.29) is 0 Å². The lowest BCUT2D eigenvalue weighted by Crippen LogP contribution is -2.28. The fourth-order valence-electron chi connectivity index (χ4n) is 3.70. The first-order chi connectivity index (χ1) is 10.8. The normalized spacial score (nSPS) is 28.7. The summed E-state index contributed by atoms with van der Waals surface area (Å²) in [5.41, 5.74) is 1.28. The number of hydrogen-bond acceptors (Lipinski definition) is 4. The Hall–Kier alpha value is -1.13. The van der Waals surface area contributed by atoms with E-state index in [9.17, 15) is 5.11 Å². The van der Waals surface area contributed by atoms with Gasteiger partial charge in [0.2, 0.25) is 0 Å². The highest BCUT2D eigenvalue weighted by Crippen LogP contribution is 2.31. The summed E-state index contributed by atoms with van der Waals surface area (Å²) in [6.07, 6.45) is 12.1. The first kappa shape index (κ1) is 15.8. The van der Waals surface area contributed by atoms with Gasteiger partial charge in [0, 0.05) is 18.8 Å². The summed E-state index contributed by atoms with van der Waals surface area (Å²) in [4.78, 5) is 4.34. The van der Waals surface area contributed by atoms with Crippen LogP contribution in [0.3, 0.4) is 0 Å². The molecular weight excluding hydrogens is 276 g/mol. The van der Waals surface area contributed by atoms with Crippen molar-refractivity contribution >= 4 is 0 Å². The highest BCUT2D eigenvalue weighted by Gasteiger charge is 2.21. The topological polar surface area (TPSA) is 54.4 Å². The Morgan fingerprint density at radius 1 is 1.14 bits per heavy atom. The molecule has 0 aromatic carbocycles. The van der Waals surface area contributed by atoms with Crippen LogP contribution in [0, 0.1) is 11.8 Å². The van der Waals surface area contributed by atoms with Crippen molar-refractivity contribution < 1.29 is 9.84 Å². The van der Waals surface area contributed by atoms with Gasteiger partial charge in [-0.05, 0) is 75.0 Å². The molecule has 0 amide bonds. The molecular formula is C18H28N2O2. The molecule has 1 atom stereocenters. The summed E-state index contributed by atoms with van der Waals surface area (Å²) in [5, 5.41) is 12.7. The van der Waals surface area contributed by atoms with Crippen molar-refractivity contribution in [3.8, 4) is 5.75 Å². The minimum Gasteiger partial charge on any atom is -0.490 e. The van der Waals surface area contributed by atoms with Crippen molar-refractivity contribution in [1.82, 2.24) is 10.3 Å². The van der Waals surface area contributed by atoms with Crippen molar-refractivity contribution in [2.24, 2.45) is 11.8 Å². The van der Waals surface area contributed by atoms with Crippen molar-refractivity contribution in [2.75, 3.05) is 19.8 Å². The number of ether oxygens (including phenoxy) is 1. The highest BCUT2D eigenvalue weighted by molar-refractivity contribution is 5.24. The summed E-state index contributed by atoms with van der Waals surface area (Å²) in [6.45, 7) is 2.21. The predicted octanol–water partition coefficient (Wildman–Crippen LogP) is 2.55. The second-order valence-electron chi connectivity index (χ2n) is 6.91. The number of hydrogen-bond donors (Lipinski definition) is 2. The van der Waals surface area contributed by atoms with E-state index in [1.54, 1.807) is 0 Å². The van der Waals surface area contributed by atoms with Crippen LogP contribution in [-0.2, 0) is 6.42 Å². The molecule has 0 spiro atoms. The fourth-order valence-corrected chi connectivity index (χ4v) is 3.70. The van der Waals surface area contributed by atoms with Crippen LogP contribution < -0.4 is 10.1 Å². The molecule has 2 N–H and O–H groups in total. The maximum atomic E-state index is 9.22. The maximum Gasteiger partial charge on any atom is 0.137 e. The molecule has 1 aliphatic carbocycles. The van der Waals surface area contributed by atoms with Gasteiger partial charge in [0.15, 0.2) is 0 Å². The van der Waals surface area contributed by atoms with Crippen molar-refractivity contribution in [2.45, 2.75) is 51.0 Å². The van der Waals surface area contributed by atoms with Crippen LogP contribution in [0.5, 0.6) is 5.75 Å². The van der Waals surface area contributed by atoms with Gasteiger partial charge in [-0.2, -0.15) is 0 Å². The van der Waals surface area contributed by atoms with Gasteiger partial charge in [-0.15, -0.1) is 0 Å². The minimum atomic E-state index is 0.354. The third-order valence-corrected chi connectivity index (χ3v) is 5.13. The molecule has 1 aromatic rings. The fraction of sp³-hybridized carbons (Fsp3) is 0.722. The van der Waals surface area contributed by atoms with Gasteiger partial charge < -0.3 is 15.2 Å². The average molecular weight is 304 g/mol. The zero-order valence-electron chi connectivity index (χ0n) is 13.3. The van der Waals surface area contributed by atoms with Crippen LogP contribution in [0.15, 0.2) is 18.5 Å². The predicted molar refractivity (Wildman–Crippen MR) is 87.0 cm³/mol. The first-order valence-corrected chi connectivity index (χ1v) is 8.74. The van der Waals surface area contributed by atoms with Crippen LogP contribution in [0.25, 0.3) is 0 Å².